The van der Waals surface area contributed by atoms with Gasteiger partial charge in [0.25, 0.3) is 0 Å². The molecule has 3 heterocycles. The Hall–Kier alpha value is -2.95. The van der Waals surface area contributed by atoms with E-state index in [4.69, 9.17) is 21.4 Å². The number of ether oxygens (including phenoxy) is 1. The minimum Gasteiger partial charge on any atom is -0.396 e. The standard InChI is InChI=1S/C22H29ClN8O2/c23-16-3-4-17-18(5-9-25-19(17)15-16)24-6-1-7-26-20-28-21(27-8-2-12-32)30-22(29-20)31-10-13-33-14-11-31/h3-5,9,15,32H,1-2,6-8,10-14H2,(H,24,25)(H2,26,27,28,29,30). The van der Waals surface area contributed by atoms with E-state index in [2.05, 4.69) is 40.8 Å². The molecular formula is C22H29ClN8O2. The van der Waals surface area contributed by atoms with Crippen LogP contribution < -0.4 is 20.9 Å². The molecule has 1 aromatic carbocycles. The molecule has 10 nitrogen and oxygen atoms in total. The molecule has 0 atom stereocenters. The number of anilines is 4. The van der Waals surface area contributed by atoms with E-state index in [1.54, 1.807) is 6.20 Å². The molecular weight excluding hydrogens is 444 g/mol. The molecule has 33 heavy (non-hydrogen) atoms. The summed E-state index contributed by atoms with van der Waals surface area (Å²) in [4.78, 5) is 20.1. The van der Waals surface area contributed by atoms with Gasteiger partial charge in [-0.1, -0.05) is 11.6 Å². The fourth-order valence-electron chi connectivity index (χ4n) is 3.49. The summed E-state index contributed by atoms with van der Waals surface area (Å²) < 4.78 is 5.43. The molecule has 1 saturated heterocycles. The van der Waals surface area contributed by atoms with Crippen molar-refractivity contribution < 1.29 is 9.84 Å². The summed E-state index contributed by atoms with van der Waals surface area (Å²) in [6, 6.07) is 7.68. The van der Waals surface area contributed by atoms with Crippen LogP contribution in [0.15, 0.2) is 30.5 Å². The highest BCUT2D eigenvalue weighted by atomic mass is 35.5. The van der Waals surface area contributed by atoms with Crippen molar-refractivity contribution in [3.05, 3.63) is 35.5 Å². The van der Waals surface area contributed by atoms with Gasteiger partial charge in [0.2, 0.25) is 17.8 Å². The van der Waals surface area contributed by atoms with E-state index >= 15 is 0 Å². The van der Waals surface area contributed by atoms with Crippen molar-refractivity contribution in [3.8, 4) is 0 Å². The van der Waals surface area contributed by atoms with Crippen molar-refractivity contribution in [2.75, 3.05) is 73.4 Å². The Kier molecular flexibility index (Phi) is 8.29. The Morgan fingerprint density at radius 3 is 2.42 bits per heavy atom. The van der Waals surface area contributed by atoms with Crippen molar-refractivity contribution in [1.82, 2.24) is 19.9 Å². The molecule has 3 aromatic rings. The molecule has 4 rings (SSSR count). The zero-order valence-corrected chi connectivity index (χ0v) is 19.2. The third kappa shape index (κ3) is 6.53. The Bertz CT molecular complexity index is 1050. The normalized spacial score (nSPS) is 13.8. The Morgan fingerprint density at radius 1 is 0.939 bits per heavy atom. The number of fused-ring (bicyclic) bond motifs is 1. The maximum absolute atomic E-state index is 9.03. The van der Waals surface area contributed by atoms with Crippen LogP contribution in [0.2, 0.25) is 5.02 Å². The lowest BCUT2D eigenvalue weighted by atomic mass is 10.2. The fraction of sp³-hybridized carbons (Fsp3) is 0.455. The lowest BCUT2D eigenvalue weighted by molar-refractivity contribution is 0.122. The van der Waals surface area contributed by atoms with Gasteiger partial charge in [-0.15, -0.1) is 0 Å². The summed E-state index contributed by atoms with van der Waals surface area (Å²) >= 11 is 6.07. The minimum atomic E-state index is 0.117. The Balaban J connectivity index is 1.33. The number of aliphatic hydroxyl groups excluding tert-OH is 1. The molecule has 176 valence electrons. The Morgan fingerprint density at radius 2 is 1.67 bits per heavy atom. The molecule has 0 bridgehead atoms. The van der Waals surface area contributed by atoms with Gasteiger partial charge in [-0.25, -0.2) is 0 Å². The molecule has 1 aliphatic heterocycles. The monoisotopic (exact) mass is 472 g/mol. The number of hydrogen-bond acceptors (Lipinski definition) is 10. The van der Waals surface area contributed by atoms with Gasteiger partial charge in [0.05, 0.1) is 18.7 Å². The second kappa shape index (κ2) is 11.8. The molecule has 4 N–H and O–H groups in total. The molecule has 1 aliphatic rings. The number of nitrogens with zero attached hydrogens (tertiary/aromatic N) is 5. The zero-order chi connectivity index (χ0) is 22.9. The summed E-state index contributed by atoms with van der Waals surface area (Å²) in [5.41, 5.74) is 1.90. The maximum Gasteiger partial charge on any atom is 0.232 e. The predicted molar refractivity (Wildman–Crippen MR) is 131 cm³/mol. The summed E-state index contributed by atoms with van der Waals surface area (Å²) in [5.74, 6) is 1.66. The van der Waals surface area contributed by atoms with Gasteiger partial charge in [0.15, 0.2) is 0 Å². The number of aromatic nitrogens is 4. The molecule has 0 amide bonds. The van der Waals surface area contributed by atoms with Crippen LogP contribution in [-0.4, -0.2) is 77.6 Å². The number of benzene rings is 1. The fourth-order valence-corrected chi connectivity index (χ4v) is 3.66. The van der Waals surface area contributed by atoms with E-state index in [1.807, 2.05) is 24.3 Å². The van der Waals surface area contributed by atoms with E-state index in [9.17, 15) is 0 Å². The topological polar surface area (TPSA) is 120 Å². The number of halogens is 1. The number of aliphatic hydroxyl groups is 1. The van der Waals surface area contributed by atoms with Gasteiger partial charge in [0, 0.05) is 61.6 Å². The van der Waals surface area contributed by atoms with E-state index in [-0.39, 0.29) is 6.61 Å². The SMILES string of the molecule is OCCCNc1nc(NCCCNc2ccnc3cc(Cl)ccc23)nc(N2CCOCC2)n1. The third-order valence-electron chi connectivity index (χ3n) is 5.19. The Labute approximate surface area is 197 Å². The van der Waals surface area contributed by atoms with Crippen molar-refractivity contribution in [1.29, 1.82) is 0 Å². The van der Waals surface area contributed by atoms with Crippen LogP contribution in [0.5, 0.6) is 0 Å². The summed E-state index contributed by atoms with van der Waals surface area (Å²) in [6.07, 6.45) is 3.27. The minimum absolute atomic E-state index is 0.117. The van der Waals surface area contributed by atoms with Gasteiger partial charge in [0.1, 0.15) is 0 Å². The van der Waals surface area contributed by atoms with Crippen LogP contribution in [0, 0.1) is 0 Å². The average Bonchev–Trinajstić information content (AvgIpc) is 2.84. The van der Waals surface area contributed by atoms with Crippen molar-refractivity contribution >= 4 is 46.0 Å². The second-order valence-electron chi connectivity index (χ2n) is 7.61. The number of morpholine rings is 1. The molecule has 11 heteroatoms. The van der Waals surface area contributed by atoms with E-state index in [1.165, 1.54) is 0 Å². The summed E-state index contributed by atoms with van der Waals surface area (Å²) in [5, 5.41) is 20.7. The largest absolute Gasteiger partial charge is 0.396 e. The van der Waals surface area contributed by atoms with Crippen LogP contribution in [0.4, 0.5) is 23.5 Å². The van der Waals surface area contributed by atoms with Crippen molar-refractivity contribution in [2.24, 2.45) is 0 Å². The first-order valence-corrected chi connectivity index (χ1v) is 11.6. The number of rotatable bonds is 11. The number of hydrogen-bond donors (Lipinski definition) is 4. The van der Waals surface area contributed by atoms with E-state index in [0.29, 0.717) is 55.6 Å². The molecule has 2 aromatic heterocycles. The highest BCUT2D eigenvalue weighted by molar-refractivity contribution is 6.31. The predicted octanol–water partition coefficient (Wildman–Crippen LogP) is 2.62. The highest BCUT2D eigenvalue weighted by Crippen LogP contribution is 2.24. The molecule has 0 unspecified atom stereocenters. The lowest BCUT2D eigenvalue weighted by Crippen LogP contribution is -2.37. The second-order valence-corrected chi connectivity index (χ2v) is 8.05. The first-order chi connectivity index (χ1) is 16.2. The van der Waals surface area contributed by atoms with E-state index < -0.39 is 0 Å². The van der Waals surface area contributed by atoms with Gasteiger partial charge in [-0.2, -0.15) is 15.0 Å². The van der Waals surface area contributed by atoms with Gasteiger partial charge in [-0.3, -0.25) is 4.98 Å². The molecule has 0 saturated carbocycles. The maximum atomic E-state index is 9.03. The van der Waals surface area contributed by atoms with Gasteiger partial charge in [-0.05, 0) is 37.1 Å². The lowest BCUT2D eigenvalue weighted by Gasteiger charge is -2.27. The van der Waals surface area contributed by atoms with Crippen molar-refractivity contribution in [3.63, 3.8) is 0 Å². The highest BCUT2D eigenvalue weighted by Gasteiger charge is 2.16. The van der Waals surface area contributed by atoms with Gasteiger partial charge < -0.3 is 30.7 Å². The van der Waals surface area contributed by atoms with Crippen LogP contribution in [0.3, 0.4) is 0 Å². The summed E-state index contributed by atoms with van der Waals surface area (Å²) in [7, 11) is 0. The quantitative estimate of drug-likeness (QED) is 0.310. The molecule has 0 aliphatic carbocycles. The van der Waals surface area contributed by atoms with Crippen LogP contribution in [0.25, 0.3) is 10.9 Å². The first kappa shape index (κ1) is 23.2. The average molecular weight is 473 g/mol. The van der Waals surface area contributed by atoms with Crippen LogP contribution in [-0.2, 0) is 4.74 Å². The zero-order valence-electron chi connectivity index (χ0n) is 18.4. The van der Waals surface area contributed by atoms with Gasteiger partial charge >= 0.3 is 0 Å². The molecule has 1 fully saturated rings. The first-order valence-electron chi connectivity index (χ1n) is 11.2. The number of pyridine rings is 1. The molecule has 0 radical (unpaired) electrons. The molecule has 0 spiro atoms. The van der Waals surface area contributed by atoms with Crippen LogP contribution >= 0.6 is 11.6 Å². The third-order valence-corrected chi connectivity index (χ3v) is 5.43. The summed E-state index contributed by atoms with van der Waals surface area (Å²) in [6.45, 7) is 4.99. The number of nitrogens with one attached hydrogen (secondary N) is 3. The smallest absolute Gasteiger partial charge is 0.232 e. The van der Waals surface area contributed by atoms with Crippen LogP contribution in [0.1, 0.15) is 12.8 Å². The van der Waals surface area contributed by atoms with Crippen molar-refractivity contribution in [2.45, 2.75) is 12.8 Å². The van der Waals surface area contributed by atoms with E-state index in [0.717, 1.165) is 42.6 Å².